The number of nitrogens with one attached hydrogen (secondary N) is 3. The number of rotatable bonds is 7. The number of piperidine rings is 1. The zero-order chi connectivity index (χ0) is 15.1. The Morgan fingerprint density at radius 3 is 2.41 bits per heavy atom. The van der Waals surface area contributed by atoms with Crippen LogP contribution in [-0.2, 0) is 4.79 Å². The van der Waals surface area contributed by atoms with E-state index in [9.17, 15) is 9.59 Å². The van der Waals surface area contributed by atoms with Crippen molar-refractivity contribution in [3.63, 3.8) is 0 Å². The van der Waals surface area contributed by atoms with Crippen LogP contribution in [0.4, 0.5) is 4.79 Å². The lowest BCUT2D eigenvalue weighted by Crippen LogP contribution is -2.48. The van der Waals surface area contributed by atoms with Gasteiger partial charge >= 0.3 is 6.03 Å². The molecule has 1 saturated heterocycles. The van der Waals surface area contributed by atoms with Crippen LogP contribution >= 0.6 is 12.4 Å². The van der Waals surface area contributed by atoms with E-state index in [-0.39, 0.29) is 24.3 Å². The van der Waals surface area contributed by atoms with Crippen molar-refractivity contribution >= 4 is 24.3 Å². The van der Waals surface area contributed by atoms with Gasteiger partial charge in [0.05, 0.1) is 6.54 Å². The summed E-state index contributed by atoms with van der Waals surface area (Å²) in [5.74, 6) is 0.698. The molecule has 2 fully saturated rings. The summed E-state index contributed by atoms with van der Waals surface area (Å²) in [5, 5.41) is 8.64. The third kappa shape index (κ3) is 7.42. The quantitative estimate of drug-likeness (QED) is 0.653. The summed E-state index contributed by atoms with van der Waals surface area (Å²) < 4.78 is 0. The monoisotopic (exact) mass is 332 g/mol. The third-order valence-electron chi connectivity index (χ3n) is 4.14. The third-order valence-corrected chi connectivity index (χ3v) is 4.14. The highest BCUT2D eigenvalue weighted by molar-refractivity contribution is 5.95. The second kappa shape index (κ2) is 10.0. The van der Waals surface area contributed by atoms with Crippen molar-refractivity contribution in [2.24, 2.45) is 5.92 Å². The number of likely N-dealkylation sites (tertiary alicyclic amines) is 1. The molecule has 0 aromatic heterocycles. The molecule has 1 heterocycles. The lowest BCUT2D eigenvalue weighted by Gasteiger charge is -2.31. The molecule has 1 aliphatic heterocycles. The smallest absolute Gasteiger partial charge is 0.321 e. The van der Waals surface area contributed by atoms with E-state index < -0.39 is 0 Å². The summed E-state index contributed by atoms with van der Waals surface area (Å²) in [6, 6.07) is 0.209. The first-order chi connectivity index (χ1) is 10.2. The maximum atomic E-state index is 11.8. The van der Waals surface area contributed by atoms with Crippen LogP contribution in [0, 0.1) is 5.92 Å². The average Bonchev–Trinajstić information content (AvgIpc) is 3.28. The number of hydrogen-bond donors (Lipinski definition) is 3. The van der Waals surface area contributed by atoms with Gasteiger partial charge in [-0.25, -0.2) is 4.79 Å². The number of carbonyl (C=O) groups excluding carboxylic acids is 2. The second-order valence-electron chi connectivity index (χ2n) is 6.21. The molecule has 0 atom stereocenters. The normalized spacial score (nSPS) is 19.3. The molecule has 3 N–H and O–H groups in total. The van der Waals surface area contributed by atoms with Crippen LogP contribution < -0.4 is 16.0 Å². The number of amides is 3. The van der Waals surface area contributed by atoms with Gasteiger partial charge < -0.3 is 10.6 Å². The minimum Gasteiger partial charge on any atom is -0.338 e. The van der Waals surface area contributed by atoms with Gasteiger partial charge in [0.15, 0.2) is 0 Å². The standard InChI is InChI=1S/C15H28N4O2.ClH/c1-2-7-16-15(21)18-14(20)11-19-8-5-13(6-9-19)17-10-12-3-4-12;/h12-13,17H,2-11H2,1H3,(H2,16,18,20,21);1H. The van der Waals surface area contributed by atoms with Crippen molar-refractivity contribution in [1.82, 2.24) is 20.9 Å². The molecule has 3 amide bonds. The molecular formula is C15H29ClN4O2. The molecule has 22 heavy (non-hydrogen) atoms. The highest BCUT2D eigenvalue weighted by Gasteiger charge is 2.25. The van der Waals surface area contributed by atoms with Gasteiger partial charge in [0.25, 0.3) is 0 Å². The second-order valence-corrected chi connectivity index (χ2v) is 6.21. The van der Waals surface area contributed by atoms with Crippen LogP contribution in [-0.4, -0.2) is 55.6 Å². The summed E-state index contributed by atoms with van der Waals surface area (Å²) in [6.07, 6.45) is 5.80. The van der Waals surface area contributed by atoms with E-state index in [0.29, 0.717) is 19.1 Å². The number of imide groups is 1. The van der Waals surface area contributed by atoms with Crippen LogP contribution in [0.2, 0.25) is 0 Å². The van der Waals surface area contributed by atoms with Gasteiger partial charge in [-0.05, 0) is 44.6 Å². The van der Waals surface area contributed by atoms with E-state index in [1.807, 2.05) is 6.92 Å². The van der Waals surface area contributed by atoms with Gasteiger partial charge in [-0.2, -0.15) is 0 Å². The van der Waals surface area contributed by atoms with Crippen LogP contribution in [0.5, 0.6) is 0 Å². The molecular weight excluding hydrogens is 304 g/mol. The van der Waals surface area contributed by atoms with Crippen molar-refractivity contribution in [3.05, 3.63) is 0 Å². The summed E-state index contributed by atoms with van der Waals surface area (Å²) in [6.45, 7) is 5.89. The summed E-state index contributed by atoms with van der Waals surface area (Å²) in [7, 11) is 0. The Kier molecular flexibility index (Phi) is 8.75. The molecule has 0 spiro atoms. The van der Waals surface area contributed by atoms with Crippen LogP contribution in [0.15, 0.2) is 0 Å². The first kappa shape index (κ1) is 19.2. The number of nitrogens with zero attached hydrogens (tertiary/aromatic N) is 1. The zero-order valence-electron chi connectivity index (χ0n) is 13.4. The van der Waals surface area contributed by atoms with Crippen LogP contribution in [0.3, 0.4) is 0 Å². The van der Waals surface area contributed by atoms with Crippen molar-refractivity contribution in [3.8, 4) is 0 Å². The average molecular weight is 333 g/mol. The first-order valence-electron chi connectivity index (χ1n) is 8.20. The highest BCUT2D eigenvalue weighted by atomic mass is 35.5. The van der Waals surface area contributed by atoms with Crippen molar-refractivity contribution in [2.75, 3.05) is 32.7 Å². The lowest BCUT2D eigenvalue weighted by molar-refractivity contribution is -0.121. The van der Waals surface area contributed by atoms with Gasteiger partial charge in [0, 0.05) is 25.7 Å². The van der Waals surface area contributed by atoms with Gasteiger partial charge in [0.2, 0.25) is 5.91 Å². The summed E-state index contributed by atoms with van der Waals surface area (Å²) in [5.41, 5.74) is 0. The first-order valence-corrected chi connectivity index (χ1v) is 8.20. The Morgan fingerprint density at radius 2 is 1.82 bits per heavy atom. The van der Waals surface area contributed by atoms with Gasteiger partial charge in [-0.1, -0.05) is 6.92 Å². The Bertz CT molecular complexity index is 355. The minimum atomic E-state index is -0.386. The molecule has 0 bridgehead atoms. The minimum absolute atomic E-state index is 0. The fourth-order valence-electron chi connectivity index (χ4n) is 2.60. The molecule has 128 valence electrons. The lowest BCUT2D eigenvalue weighted by atomic mass is 10.0. The van der Waals surface area contributed by atoms with E-state index in [4.69, 9.17) is 0 Å². The predicted octanol–water partition coefficient (Wildman–Crippen LogP) is 1.11. The maximum absolute atomic E-state index is 11.8. The number of halogens is 1. The molecule has 0 unspecified atom stereocenters. The van der Waals surface area contributed by atoms with E-state index in [2.05, 4.69) is 20.9 Å². The SMILES string of the molecule is CCCNC(=O)NC(=O)CN1CCC(NCC2CC2)CC1.Cl. The molecule has 0 aromatic carbocycles. The van der Waals surface area contributed by atoms with Gasteiger partial charge in [-0.3, -0.25) is 15.0 Å². The Labute approximate surface area is 139 Å². The van der Waals surface area contributed by atoms with Crippen LogP contribution in [0.1, 0.15) is 39.0 Å². The molecule has 0 radical (unpaired) electrons. The van der Waals surface area contributed by atoms with Crippen molar-refractivity contribution in [2.45, 2.75) is 45.1 Å². The molecule has 2 rings (SSSR count). The fourth-order valence-corrected chi connectivity index (χ4v) is 2.60. The molecule has 1 aliphatic carbocycles. The van der Waals surface area contributed by atoms with Gasteiger partial charge in [0.1, 0.15) is 0 Å². The summed E-state index contributed by atoms with van der Waals surface area (Å²) >= 11 is 0. The highest BCUT2D eigenvalue weighted by Crippen LogP contribution is 2.28. The van der Waals surface area contributed by atoms with Crippen molar-refractivity contribution in [1.29, 1.82) is 0 Å². The van der Waals surface area contributed by atoms with Crippen molar-refractivity contribution < 1.29 is 9.59 Å². The number of carbonyl (C=O) groups is 2. The van der Waals surface area contributed by atoms with E-state index in [1.165, 1.54) is 12.8 Å². The molecule has 2 aliphatic rings. The van der Waals surface area contributed by atoms with E-state index in [1.54, 1.807) is 0 Å². The number of hydrogen-bond acceptors (Lipinski definition) is 4. The van der Waals surface area contributed by atoms with E-state index in [0.717, 1.165) is 44.8 Å². The summed E-state index contributed by atoms with van der Waals surface area (Å²) in [4.78, 5) is 25.3. The maximum Gasteiger partial charge on any atom is 0.321 e. The Hall–Kier alpha value is -0.850. The van der Waals surface area contributed by atoms with Gasteiger partial charge in [-0.15, -0.1) is 12.4 Å². The number of urea groups is 1. The predicted molar refractivity (Wildman–Crippen MR) is 89.3 cm³/mol. The largest absolute Gasteiger partial charge is 0.338 e. The fraction of sp³-hybridized carbons (Fsp3) is 0.867. The van der Waals surface area contributed by atoms with Crippen LogP contribution in [0.25, 0.3) is 0 Å². The topological polar surface area (TPSA) is 73.5 Å². The Morgan fingerprint density at radius 1 is 1.14 bits per heavy atom. The Balaban J connectivity index is 0.00000242. The van der Waals surface area contributed by atoms with E-state index >= 15 is 0 Å². The zero-order valence-corrected chi connectivity index (χ0v) is 14.2. The molecule has 0 aromatic rings. The molecule has 7 heteroatoms. The molecule has 1 saturated carbocycles. The molecule has 6 nitrogen and oxygen atoms in total.